The molecule has 0 saturated heterocycles. The van der Waals surface area contributed by atoms with Gasteiger partial charge in [0.05, 0.1) is 0 Å². The summed E-state index contributed by atoms with van der Waals surface area (Å²) in [6.07, 6.45) is 0. The number of nitrogens with one attached hydrogen (secondary N) is 1. The Kier molecular flexibility index (Phi) is 4.39. The molecule has 0 unspecified atom stereocenters. The molecular formula is C6H9BLiN. The van der Waals surface area contributed by atoms with Gasteiger partial charge in [0, 0.05) is 5.69 Å². The number of benzene rings is 1. The van der Waals surface area contributed by atoms with Crippen LogP contribution in [0.15, 0.2) is 30.3 Å². The molecule has 0 aliphatic heterocycles. The molecular weight excluding hydrogens is 104 g/mol. The van der Waals surface area contributed by atoms with Crippen LogP contribution in [-0.4, -0.2) is 26.8 Å². The van der Waals surface area contributed by atoms with Crippen molar-refractivity contribution in [1.29, 1.82) is 0 Å². The van der Waals surface area contributed by atoms with Gasteiger partial charge in [-0.05, 0) is 12.1 Å². The molecule has 0 fully saturated rings. The summed E-state index contributed by atoms with van der Waals surface area (Å²) in [6, 6.07) is 10.1. The van der Waals surface area contributed by atoms with E-state index in [1.54, 1.807) is 0 Å². The van der Waals surface area contributed by atoms with Crippen molar-refractivity contribution in [2.75, 3.05) is 5.23 Å². The van der Waals surface area contributed by atoms with Gasteiger partial charge in [0.25, 0.3) is 0 Å². The Bertz CT molecular complexity index is 154. The van der Waals surface area contributed by atoms with Gasteiger partial charge in [-0.2, -0.15) is 0 Å². The predicted molar refractivity (Wildman–Crippen MR) is 45.8 cm³/mol. The van der Waals surface area contributed by atoms with Gasteiger partial charge in [-0.25, -0.2) is 0 Å². The second kappa shape index (κ2) is 4.55. The van der Waals surface area contributed by atoms with Crippen LogP contribution in [0.5, 0.6) is 0 Å². The first kappa shape index (κ1) is 8.68. The monoisotopic (exact) mass is 113 g/mol. The van der Waals surface area contributed by atoms with E-state index in [-0.39, 0.29) is 18.9 Å². The van der Waals surface area contributed by atoms with Crippen molar-refractivity contribution in [2.45, 2.75) is 0 Å². The van der Waals surface area contributed by atoms with Gasteiger partial charge in [0.15, 0.2) is 0 Å². The minimum absolute atomic E-state index is 0. The Morgan fingerprint density at radius 3 is 2.00 bits per heavy atom. The van der Waals surface area contributed by atoms with Crippen molar-refractivity contribution in [2.24, 2.45) is 0 Å². The SMILES string of the molecule is BNc1ccccc1.[LiH]. The molecule has 0 aromatic heterocycles. The van der Waals surface area contributed by atoms with E-state index in [2.05, 4.69) is 5.23 Å². The predicted octanol–water partition coefficient (Wildman–Crippen LogP) is -0.00190. The van der Waals surface area contributed by atoms with Crippen LogP contribution < -0.4 is 5.23 Å². The Labute approximate surface area is 68.5 Å². The second-order valence-corrected chi connectivity index (χ2v) is 1.62. The zero-order chi connectivity index (χ0) is 5.82. The topological polar surface area (TPSA) is 12.0 Å². The van der Waals surface area contributed by atoms with E-state index >= 15 is 0 Å². The van der Waals surface area contributed by atoms with Crippen LogP contribution >= 0.6 is 0 Å². The maximum absolute atomic E-state index is 3.03. The molecule has 0 atom stereocenters. The molecule has 0 aliphatic rings. The molecule has 1 N–H and O–H groups in total. The van der Waals surface area contributed by atoms with E-state index in [1.807, 2.05) is 38.3 Å². The molecule has 0 aliphatic carbocycles. The van der Waals surface area contributed by atoms with Crippen LogP contribution in [0.4, 0.5) is 5.69 Å². The van der Waals surface area contributed by atoms with Gasteiger partial charge in [0.2, 0.25) is 7.98 Å². The standard InChI is InChI=1S/C6H8BN.Li.H/c7-8-6-4-2-1-3-5-6;;/h1-5,8H,7H2;;. The average Bonchev–Trinajstić information content (AvgIpc) is 1.90. The van der Waals surface area contributed by atoms with Gasteiger partial charge in [-0.1, -0.05) is 18.2 Å². The summed E-state index contributed by atoms with van der Waals surface area (Å²) in [6.45, 7) is 0. The Hall–Kier alpha value is -0.318. The number of para-hydroxylation sites is 1. The Morgan fingerprint density at radius 1 is 1.11 bits per heavy atom. The third kappa shape index (κ3) is 2.65. The van der Waals surface area contributed by atoms with Gasteiger partial charge >= 0.3 is 18.9 Å². The average molecular weight is 113 g/mol. The van der Waals surface area contributed by atoms with E-state index in [0.29, 0.717) is 0 Å². The summed E-state index contributed by atoms with van der Waals surface area (Å²) < 4.78 is 0. The molecule has 1 aromatic carbocycles. The van der Waals surface area contributed by atoms with Gasteiger partial charge in [-0.15, -0.1) is 0 Å². The molecule has 42 valence electrons. The summed E-state index contributed by atoms with van der Waals surface area (Å²) >= 11 is 0. The molecule has 1 aromatic rings. The zero-order valence-corrected chi connectivity index (χ0v) is 4.89. The van der Waals surface area contributed by atoms with E-state index in [0.717, 1.165) is 5.69 Å². The minimum atomic E-state index is 0. The number of hydrogen-bond acceptors (Lipinski definition) is 1. The van der Waals surface area contributed by atoms with Crippen LogP contribution in [0.25, 0.3) is 0 Å². The summed E-state index contributed by atoms with van der Waals surface area (Å²) in [7, 11) is 1.91. The number of rotatable bonds is 1. The third-order valence-corrected chi connectivity index (χ3v) is 1.06. The van der Waals surface area contributed by atoms with Crippen LogP contribution in [0.1, 0.15) is 0 Å². The first-order valence-corrected chi connectivity index (χ1v) is 2.66. The molecule has 0 bridgehead atoms. The fraction of sp³-hybridized carbons (Fsp3) is 0. The summed E-state index contributed by atoms with van der Waals surface area (Å²) in [4.78, 5) is 0. The Morgan fingerprint density at radius 2 is 1.67 bits per heavy atom. The number of hydrogen-bond donors (Lipinski definition) is 1. The molecule has 0 amide bonds. The zero-order valence-electron chi connectivity index (χ0n) is 4.89. The van der Waals surface area contributed by atoms with Crippen molar-refractivity contribution < 1.29 is 0 Å². The van der Waals surface area contributed by atoms with E-state index in [4.69, 9.17) is 0 Å². The molecule has 0 heterocycles. The second-order valence-electron chi connectivity index (χ2n) is 1.62. The number of anilines is 1. The summed E-state index contributed by atoms with van der Waals surface area (Å²) in [5.41, 5.74) is 1.16. The van der Waals surface area contributed by atoms with Crippen molar-refractivity contribution in [3.05, 3.63) is 30.3 Å². The van der Waals surface area contributed by atoms with Crippen molar-refractivity contribution >= 4 is 32.5 Å². The van der Waals surface area contributed by atoms with Crippen molar-refractivity contribution in [3.63, 3.8) is 0 Å². The van der Waals surface area contributed by atoms with Gasteiger partial charge < -0.3 is 5.23 Å². The molecule has 0 spiro atoms. The van der Waals surface area contributed by atoms with Crippen molar-refractivity contribution in [3.8, 4) is 0 Å². The normalized spacial score (nSPS) is 7.56. The first-order chi connectivity index (χ1) is 3.93. The Balaban J connectivity index is 0.000000640. The van der Waals surface area contributed by atoms with Crippen LogP contribution in [0.2, 0.25) is 0 Å². The summed E-state index contributed by atoms with van der Waals surface area (Å²) in [5.74, 6) is 0. The molecule has 0 saturated carbocycles. The fourth-order valence-corrected chi connectivity index (χ4v) is 0.605. The van der Waals surface area contributed by atoms with Crippen LogP contribution in [-0.2, 0) is 0 Å². The quantitative estimate of drug-likeness (QED) is 0.505. The molecule has 9 heavy (non-hydrogen) atoms. The van der Waals surface area contributed by atoms with E-state index < -0.39 is 0 Å². The molecule has 1 rings (SSSR count). The molecule has 0 radical (unpaired) electrons. The van der Waals surface area contributed by atoms with E-state index in [1.165, 1.54) is 0 Å². The maximum atomic E-state index is 3.03. The molecule has 3 heteroatoms. The van der Waals surface area contributed by atoms with Gasteiger partial charge in [0.1, 0.15) is 0 Å². The van der Waals surface area contributed by atoms with E-state index in [9.17, 15) is 0 Å². The summed E-state index contributed by atoms with van der Waals surface area (Å²) in [5, 5.41) is 3.03. The first-order valence-electron chi connectivity index (χ1n) is 2.66. The molecule has 1 nitrogen and oxygen atoms in total. The van der Waals surface area contributed by atoms with Crippen LogP contribution in [0.3, 0.4) is 0 Å². The van der Waals surface area contributed by atoms with Crippen molar-refractivity contribution in [1.82, 2.24) is 0 Å². The van der Waals surface area contributed by atoms with Gasteiger partial charge in [-0.3, -0.25) is 0 Å². The third-order valence-electron chi connectivity index (χ3n) is 1.06. The van der Waals surface area contributed by atoms with Crippen LogP contribution in [0, 0.1) is 0 Å². The fourth-order valence-electron chi connectivity index (χ4n) is 0.605.